The quantitative estimate of drug-likeness (QED) is 0.803. The maximum Gasteiger partial charge on any atom is 0.118 e. The Morgan fingerprint density at radius 3 is 2.67 bits per heavy atom. The molecule has 3 nitrogen and oxygen atoms in total. The largest absolute Gasteiger partial charge is 0.381 e. The number of aryl methyl sites for hydroxylation is 1. The lowest BCUT2D eigenvalue weighted by atomic mass is 9.79. The fraction of sp³-hybridized carbons (Fsp3) is 0.800. The van der Waals surface area contributed by atoms with Gasteiger partial charge in [-0.2, -0.15) is 0 Å². The van der Waals surface area contributed by atoms with E-state index in [2.05, 4.69) is 26.1 Å². The van der Waals surface area contributed by atoms with E-state index in [1.165, 1.54) is 0 Å². The average molecular weight is 291 g/mol. The third-order valence-electron chi connectivity index (χ3n) is 2.93. The van der Waals surface area contributed by atoms with E-state index in [0.29, 0.717) is 5.41 Å². The van der Waals surface area contributed by atoms with Crippen LogP contribution in [0.2, 0.25) is 0 Å². The Morgan fingerprint density at radius 1 is 1.40 bits per heavy atom. The van der Waals surface area contributed by atoms with Crippen molar-refractivity contribution in [2.45, 2.75) is 26.2 Å². The van der Waals surface area contributed by atoms with Crippen LogP contribution in [0.5, 0.6) is 0 Å². The summed E-state index contributed by atoms with van der Waals surface area (Å²) in [6, 6.07) is 0. The summed E-state index contributed by atoms with van der Waals surface area (Å²) in [5.74, 6) is 0. The van der Waals surface area contributed by atoms with Crippen molar-refractivity contribution in [1.29, 1.82) is 0 Å². The van der Waals surface area contributed by atoms with Gasteiger partial charge in [0.05, 0.1) is 0 Å². The number of hydrogen-bond acceptors (Lipinski definition) is 4. The molecule has 0 aliphatic carbocycles. The van der Waals surface area contributed by atoms with Crippen LogP contribution in [0.15, 0.2) is 0 Å². The predicted octanol–water partition coefficient (Wildman–Crippen LogP) is 2.58. The summed E-state index contributed by atoms with van der Waals surface area (Å²) >= 11 is 5.34. The average Bonchev–Trinajstić information content (AvgIpc) is 2.65. The number of aromatic nitrogens is 2. The van der Waals surface area contributed by atoms with Gasteiger partial charge in [-0.05, 0) is 25.2 Å². The van der Waals surface area contributed by atoms with E-state index in [0.717, 1.165) is 47.8 Å². The minimum absolute atomic E-state index is 0.338. The monoisotopic (exact) mass is 290 g/mol. The van der Waals surface area contributed by atoms with Crippen molar-refractivity contribution < 1.29 is 4.74 Å². The molecule has 1 aromatic rings. The zero-order valence-electron chi connectivity index (χ0n) is 8.83. The van der Waals surface area contributed by atoms with E-state index in [4.69, 9.17) is 4.74 Å². The van der Waals surface area contributed by atoms with Gasteiger partial charge in [-0.3, -0.25) is 0 Å². The summed E-state index contributed by atoms with van der Waals surface area (Å²) < 4.78 is 5.42. The lowest BCUT2D eigenvalue weighted by molar-refractivity contribution is 0.0269. The first-order chi connectivity index (χ1) is 7.24. The third-order valence-corrected chi connectivity index (χ3v) is 4.96. The minimum Gasteiger partial charge on any atom is -0.381 e. The first-order valence-corrected chi connectivity index (χ1v) is 7.11. The predicted molar refractivity (Wildman–Crippen MR) is 64.6 cm³/mol. The number of alkyl halides is 1. The van der Waals surface area contributed by atoms with Gasteiger partial charge < -0.3 is 4.74 Å². The summed E-state index contributed by atoms with van der Waals surface area (Å²) in [5.41, 5.74) is 0.338. The van der Waals surface area contributed by atoms with Crippen molar-refractivity contribution in [3.05, 3.63) is 10.0 Å². The van der Waals surface area contributed by atoms with E-state index in [1.807, 2.05) is 6.92 Å². The Bertz CT molecular complexity index is 323. The Morgan fingerprint density at radius 2 is 2.13 bits per heavy atom. The Hall–Kier alpha value is -0.0000000000000000555. The maximum absolute atomic E-state index is 5.42. The van der Waals surface area contributed by atoms with Crippen LogP contribution in [0.25, 0.3) is 0 Å². The van der Waals surface area contributed by atoms with Gasteiger partial charge in [-0.15, -0.1) is 21.5 Å². The summed E-state index contributed by atoms with van der Waals surface area (Å²) in [6.45, 7) is 3.76. The number of nitrogens with zero attached hydrogens (tertiary/aromatic N) is 2. The molecule has 0 spiro atoms. The molecule has 15 heavy (non-hydrogen) atoms. The minimum atomic E-state index is 0.338. The number of hydrogen-bond donors (Lipinski definition) is 0. The molecule has 0 amide bonds. The molecule has 1 aliphatic heterocycles. The third kappa shape index (κ3) is 2.77. The zero-order chi connectivity index (χ0) is 10.7. The highest BCUT2D eigenvalue weighted by atomic mass is 79.9. The molecule has 0 bridgehead atoms. The van der Waals surface area contributed by atoms with Crippen LogP contribution in [-0.4, -0.2) is 28.7 Å². The molecular weight excluding hydrogens is 276 g/mol. The number of halogens is 1. The molecule has 0 N–H and O–H groups in total. The van der Waals surface area contributed by atoms with Gasteiger partial charge in [0.25, 0.3) is 0 Å². The summed E-state index contributed by atoms with van der Waals surface area (Å²) in [5, 5.41) is 11.5. The first-order valence-electron chi connectivity index (χ1n) is 5.17. The topological polar surface area (TPSA) is 35.0 Å². The van der Waals surface area contributed by atoms with Gasteiger partial charge in [-0.1, -0.05) is 15.9 Å². The van der Waals surface area contributed by atoms with E-state index in [-0.39, 0.29) is 0 Å². The molecule has 0 aromatic carbocycles. The van der Waals surface area contributed by atoms with Crippen LogP contribution >= 0.6 is 27.3 Å². The van der Waals surface area contributed by atoms with Gasteiger partial charge in [0.15, 0.2) is 0 Å². The smallest absolute Gasteiger partial charge is 0.118 e. The van der Waals surface area contributed by atoms with Crippen LogP contribution in [0.3, 0.4) is 0 Å². The van der Waals surface area contributed by atoms with E-state index in [9.17, 15) is 0 Å². The van der Waals surface area contributed by atoms with Crippen LogP contribution in [0.4, 0.5) is 0 Å². The highest BCUT2D eigenvalue weighted by Gasteiger charge is 2.32. The number of rotatable bonds is 3. The van der Waals surface area contributed by atoms with Crippen molar-refractivity contribution in [1.82, 2.24) is 10.2 Å². The van der Waals surface area contributed by atoms with Gasteiger partial charge in [0, 0.05) is 25.0 Å². The Kier molecular flexibility index (Phi) is 3.74. The molecule has 2 heterocycles. The standard InChI is InChI=1S/C10H15BrN2OS/c1-8-12-13-9(15-8)6-10(7-11)2-4-14-5-3-10/h2-7H2,1H3. The summed E-state index contributed by atoms with van der Waals surface area (Å²) in [6.07, 6.45) is 3.28. The van der Waals surface area contributed by atoms with Gasteiger partial charge in [-0.25, -0.2) is 0 Å². The van der Waals surface area contributed by atoms with Crippen molar-refractivity contribution in [3.63, 3.8) is 0 Å². The fourth-order valence-electron chi connectivity index (χ4n) is 1.89. The highest BCUT2D eigenvalue weighted by Crippen LogP contribution is 2.36. The summed E-state index contributed by atoms with van der Waals surface area (Å²) in [7, 11) is 0. The Labute approximate surface area is 102 Å². The maximum atomic E-state index is 5.42. The van der Waals surface area contributed by atoms with Crippen LogP contribution < -0.4 is 0 Å². The molecule has 1 aliphatic rings. The van der Waals surface area contributed by atoms with E-state index >= 15 is 0 Å². The first kappa shape index (κ1) is 11.5. The molecule has 5 heteroatoms. The molecule has 2 rings (SSSR count). The van der Waals surface area contributed by atoms with E-state index in [1.54, 1.807) is 11.3 Å². The molecule has 1 aromatic heterocycles. The summed E-state index contributed by atoms with van der Waals surface area (Å²) in [4.78, 5) is 0. The van der Waals surface area contributed by atoms with Crippen LogP contribution in [-0.2, 0) is 11.2 Å². The zero-order valence-corrected chi connectivity index (χ0v) is 11.2. The van der Waals surface area contributed by atoms with Crippen molar-refractivity contribution >= 4 is 27.3 Å². The lowest BCUT2D eigenvalue weighted by Gasteiger charge is -2.34. The molecule has 0 atom stereocenters. The number of ether oxygens (including phenoxy) is 1. The van der Waals surface area contributed by atoms with Crippen molar-refractivity contribution in [2.24, 2.45) is 5.41 Å². The van der Waals surface area contributed by atoms with Crippen molar-refractivity contribution in [2.75, 3.05) is 18.5 Å². The van der Waals surface area contributed by atoms with Crippen LogP contribution in [0, 0.1) is 12.3 Å². The Balaban J connectivity index is 2.06. The molecule has 0 radical (unpaired) electrons. The normalized spacial score (nSPS) is 20.4. The second-order valence-electron chi connectivity index (χ2n) is 4.14. The lowest BCUT2D eigenvalue weighted by Crippen LogP contribution is -2.33. The second-order valence-corrected chi connectivity index (χ2v) is 5.96. The second kappa shape index (κ2) is 4.89. The molecule has 84 valence electrons. The molecule has 1 fully saturated rings. The SMILES string of the molecule is Cc1nnc(CC2(CBr)CCOCC2)s1. The van der Waals surface area contributed by atoms with Gasteiger partial charge >= 0.3 is 0 Å². The fourth-order valence-corrected chi connectivity index (χ4v) is 3.53. The molecule has 0 unspecified atom stereocenters. The molecular formula is C10H15BrN2OS. The van der Waals surface area contributed by atoms with Gasteiger partial charge in [0.2, 0.25) is 0 Å². The van der Waals surface area contributed by atoms with Crippen LogP contribution in [0.1, 0.15) is 22.9 Å². The molecule has 1 saturated heterocycles. The highest BCUT2D eigenvalue weighted by molar-refractivity contribution is 9.09. The van der Waals surface area contributed by atoms with Gasteiger partial charge in [0.1, 0.15) is 10.0 Å². The van der Waals surface area contributed by atoms with E-state index < -0.39 is 0 Å². The van der Waals surface area contributed by atoms with Crippen molar-refractivity contribution in [3.8, 4) is 0 Å². The molecule has 0 saturated carbocycles.